The molecule has 0 radical (unpaired) electrons. The molecule has 1 fully saturated rings. The summed E-state index contributed by atoms with van der Waals surface area (Å²) in [6, 6.07) is 4.99. The molecule has 0 heterocycles. The number of carbonyl (C=O) groups excluding carboxylic acids is 2. The van der Waals surface area contributed by atoms with Crippen LogP contribution in [0.15, 0.2) is 18.2 Å². The molecule has 19 heavy (non-hydrogen) atoms. The number of amides is 2. The fourth-order valence-electron chi connectivity index (χ4n) is 1.65. The zero-order chi connectivity index (χ0) is 13.8. The molecule has 0 spiro atoms. The van der Waals surface area contributed by atoms with Gasteiger partial charge in [0, 0.05) is 11.7 Å². The fraction of sp³-hybridized carbons (Fsp3) is 0.385. The minimum atomic E-state index is -0.607. The van der Waals surface area contributed by atoms with Gasteiger partial charge >= 0.3 is 0 Å². The lowest BCUT2D eigenvalue weighted by Gasteiger charge is -2.10. The summed E-state index contributed by atoms with van der Waals surface area (Å²) in [5, 5.41) is 2.86. The summed E-state index contributed by atoms with van der Waals surface area (Å²) in [6.45, 7) is 0.197. The first-order valence-corrected chi connectivity index (χ1v) is 6.18. The van der Waals surface area contributed by atoms with Crippen molar-refractivity contribution in [1.29, 1.82) is 0 Å². The third-order valence-corrected chi connectivity index (χ3v) is 2.80. The lowest BCUT2D eigenvalue weighted by atomic mass is 10.1. The molecule has 6 heteroatoms. The lowest BCUT2D eigenvalue weighted by molar-refractivity contribution is -0.121. The Morgan fingerprint density at radius 2 is 2.11 bits per heavy atom. The molecule has 0 aromatic heterocycles. The van der Waals surface area contributed by atoms with Gasteiger partial charge in [0.2, 0.25) is 5.91 Å². The summed E-state index contributed by atoms with van der Waals surface area (Å²) < 4.78 is 5.41. The molecule has 1 aliphatic carbocycles. The third kappa shape index (κ3) is 3.87. The van der Waals surface area contributed by atoms with E-state index in [1.165, 1.54) is 6.07 Å². The van der Waals surface area contributed by atoms with Gasteiger partial charge in [-0.3, -0.25) is 9.59 Å². The Kier molecular flexibility index (Phi) is 3.89. The molecule has 1 aliphatic rings. The van der Waals surface area contributed by atoms with Crippen molar-refractivity contribution in [2.75, 3.05) is 12.3 Å². The van der Waals surface area contributed by atoms with Crippen molar-refractivity contribution in [3.8, 4) is 5.75 Å². The molecule has 0 unspecified atom stereocenters. The van der Waals surface area contributed by atoms with E-state index in [1.54, 1.807) is 12.1 Å². The Bertz CT molecular complexity index is 498. The number of benzene rings is 1. The SMILES string of the molecule is NC(=O)c1cc(N)ccc1OCCC(=O)NC1CC1. The van der Waals surface area contributed by atoms with Crippen LogP contribution in [0.1, 0.15) is 29.6 Å². The molecule has 1 saturated carbocycles. The van der Waals surface area contributed by atoms with Crippen molar-refractivity contribution in [1.82, 2.24) is 5.32 Å². The second-order valence-corrected chi connectivity index (χ2v) is 4.56. The third-order valence-electron chi connectivity index (χ3n) is 2.80. The van der Waals surface area contributed by atoms with Crippen LogP contribution in [0, 0.1) is 0 Å². The number of hydrogen-bond donors (Lipinski definition) is 3. The summed E-state index contributed by atoms with van der Waals surface area (Å²) in [5.41, 5.74) is 11.5. The maximum absolute atomic E-state index is 11.5. The molecule has 0 saturated heterocycles. The van der Waals surface area contributed by atoms with Crippen LogP contribution in [-0.4, -0.2) is 24.5 Å². The lowest BCUT2D eigenvalue weighted by Crippen LogP contribution is -2.26. The molecule has 5 N–H and O–H groups in total. The number of primary amides is 1. The van der Waals surface area contributed by atoms with E-state index in [-0.39, 0.29) is 24.5 Å². The summed E-state index contributed by atoms with van der Waals surface area (Å²) >= 11 is 0. The van der Waals surface area contributed by atoms with Gasteiger partial charge in [-0.2, -0.15) is 0 Å². The van der Waals surface area contributed by atoms with Crippen molar-refractivity contribution in [3.63, 3.8) is 0 Å². The number of nitrogen functional groups attached to an aromatic ring is 1. The van der Waals surface area contributed by atoms with Crippen molar-refractivity contribution >= 4 is 17.5 Å². The van der Waals surface area contributed by atoms with E-state index < -0.39 is 5.91 Å². The fourth-order valence-corrected chi connectivity index (χ4v) is 1.65. The summed E-state index contributed by atoms with van der Waals surface area (Å²) in [4.78, 5) is 22.7. The van der Waals surface area contributed by atoms with Gasteiger partial charge in [-0.1, -0.05) is 0 Å². The number of hydrogen-bond acceptors (Lipinski definition) is 4. The van der Waals surface area contributed by atoms with Gasteiger partial charge in [0.15, 0.2) is 0 Å². The summed E-state index contributed by atoms with van der Waals surface area (Å²) in [7, 11) is 0. The van der Waals surface area contributed by atoms with E-state index in [2.05, 4.69) is 5.32 Å². The van der Waals surface area contributed by atoms with Crippen LogP contribution in [0.2, 0.25) is 0 Å². The number of rotatable bonds is 6. The van der Waals surface area contributed by atoms with Crippen LogP contribution in [-0.2, 0) is 4.79 Å². The highest BCUT2D eigenvalue weighted by Crippen LogP contribution is 2.21. The molecule has 102 valence electrons. The molecular formula is C13H17N3O3. The van der Waals surface area contributed by atoms with Crippen molar-refractivity contribution in [2.45, 2.75) is 25.3 Å². The Balaban J connectivity index is 1.87. The Labute approximate surface area is 111 Å². The first-order valence-electron chi connectivity index (χ1n) is 6.18. The van der Waals surface area contributed by atoms with Crippen LogP contribution < -0.4 is 21.5 Å². The predicted molar refractivity (Wildman–Crippen MR) is 70.6 cm³/mol. The van der Waals surface area contributed by atoms with Crippen LogP contribution >= 0.6 is 0 Å². The van der Waals surface area contributed by atoms with Crippen LogP contribution in [0.25, 0.3) is 0 Å². The number of anilines is 1. The largest absolute Gasteiger partial charge is 0.492 e. The molecule has 1 aromatic rings. The number of nitrogens with one attached hydrogen (secondary N) is 1. The molecule has 0 aliphatic heterocycles. The van der Waals surface area contributed by atoms with E-state index in [0.717, 1.165) is 12.8 Å². The first kappa shape index (κ1) is 13.2. The summed E-state index contributed by atoms with van der Waals surface area (Å²) in [5.74, 6) is -0.302. The standard InChI is InChI=1S/C13H17N3O3/c14-8-1-4-11(10(7-8)13(15)18)19-6-5-12(17)16-9-2-3-9/h1,4,7,9H,2-3,5-6,14H2,(H2,15,18)(H,16,17). The van der Waals surface area contributed by atoms with Crippen LogP contribution in [0.5, 0.6) is 5.75 Å². The maximum atomic E-state index is 11.5. The number of carbonyl (C=O) groups is 2. The van der Waals surface area contributed by atoms with E-state index >= 15 is 0 Å². The highest BCUT2D eigenvalue weighted by Gasteiger charge is 2.22. The van der Waals surface area contributed by atoms with Gasteiger partial charge in [0.25, 0.3) is 5.91 Å². The van der Waals surface area contributed by atoms with Crippen molar-refractivity contribution < 1.29 is 14.3 Å². The predicted octanol–water partition coefficient (Wildman–Crippen LogP) is 0.415. The smallest absolute Gasteiger partial charge is 0.252 e. The first-order chi connectivity index (χ1) is 9.06. The molecule has 2 amide bonds. The Morgan fingerprint density at radius 1 is 1.37 bits per heavy atom. The van der Waals surface area contributed by atoms with E-state index in [1.807, 2.05) is 0 Å². The highest BCUT2D eigenvalue weighted by atomic mass is 16.5. The average Bonchev–Trinajstić information content (AvgIpc) is 3.14. The average molecular weight is 263 g/mol. The molecule has 1 aromatic carbocycles. The molecule has 6 nitrogen and oxygen atoms in total. The second kappa shape index (κ2) is 5.60. The van der Waals surface area contributed by atoms with Gasteiger partial charge in [-0.25, -0.2) is 0 Å². The van der Waals surface area contributed by atoms with Gasteiger partial charge in [-0.15, -0.1) is 0 Å². The van der Waals surface area contributed by atoms with Crippen molar-refractivity contribution in [2.24, 2.45) is 5.73 Å². The number of nitrogens with two attached hydrogens (primary N) is 2. The molecule has 0 atom stereocenters. The summed E-state index contributed by atoms with van der Waals surface area (Å²) in [6.07, 6.45) is 2.35. The maximum Gasteiger partial charge on any atom is 0.252 e. The van der Waals surface area contributed by atoms with Gasteiger partial charge in [-0.05, 0) is 31.0 Å². The van der Waals surface area contributed by atoms with Gasteiger partial charge in [0.1, 0.15) is 5.75 Å². The van der Waals surface area contributed by atoms with Crippen LogP contribution in [0.4, 0.5) is 5.69 Å². The van der Waals surface area contributed by atoms with Crippen molar-refractivity contribution in [3.05, 3.63) is 23.8 Å². The molecule has 0 bridgehead atoms. The minimum absolute atomic E-state index is 0.0430. The quantitative estimate of drug-likeness (QED) is 0.646. The Morgan fingerprint density at radius 3 is 2.74 bits per heavy atom. The normalized spacial score (nSPS) is 13.9. The zero-order valence-corrected chi connectivity index (χ0v) is 10.5. The van der Waals surface area contributed by atoms with E-state index in [0.29, 0.717) is 17.5 Å². The Hall–Kier alpha value is -2.24. The van der Waals surface area contributed by atoms with Gasteiger partial charge in [0.05, 0.1) is 18.6 Å². The van der Waals surface area contributed by atoms with E-state index in [9.17, 15) is 9.59 Å². The van der Waals surface area contributed by atoms with E-state index in [4.69, 9.17) is 16.2 Å². The molecule has 2 rings (SSSR count). The number of ether oxygens (including phenoxy) is 1. The minimum Gasteiger partial charge on any atom is -0.492 e. The zero-order valence-electron chi connectivity index (χ0n) is 10.5. The highest BCUT2D eigenvalue weighted by molar-refractivity contribution is 5.96. The second-order valence-electron chi connectivity index (χ2n) is 4.56. The topological polar surface area (TPSA) is 107 Å². The van der Waals surface area contributed by atoms with Crippen LogP contribution in [0.3, 0.4) is 0 Å². The van der Waals surface area contributed by atoms with Gasteiger partial charge < -0.3 is 21.5 Å². The monoisotopic (exact) mass is 263 g/mol. The molecular weight excluding hydrogens is 246 g/mol.